The molecule has 3 heterocycles. The molecule has 0 radical (unpaired) electrons. The number of anilines is 1. The van der Waals surface area contributed by atoms with E-state index in [0.29, 0.717) is 21.2 Å². The number of nitrogens with zero attached hydrogens (tertiary/aromatic N) is 6. The average molecular weight is 572 g/mol. The highest BCUT2D eigenvalue weighted by Gasteiger charge is 2.41. The molecule has 2 atom stereocenters. The van der Waals surface area contributed by atoms with E-state index in [1.165, 1.54) is 11.3 Å². The van der Waals surface area contributed by atoms with Gasteiger partial charge < -0.3 is 15.7 Å². The first kappa shape index (κ1) is 24.7. The van der Waals surface area contributed by atoms with E-state index in [4.69, 9.17) is 4.98 Å². The number of fused-ring (bicyclic) bond motifs is 1. The average Bonchev–Trinajstić information content (AvgIpc) is 3.57. The molecule has 36 heavy (non-hydrogen) atoms. The molecular formula is C24H27BrN8O2S. The van der Waals surface area contributed by atoms with Crippen molar-refractivity contribution in [3.63, 3.8) is 0 Å². The van der Waals surface area contributed by atoms with E-state index in [2.05, 4.69) is 46.8 Å². The Labute approximate surface area is 220 Å². The van der Waals surface area contributed by atoms with Crippen molar-refractivity contribution in [2.24, 2.45) is 5.41 Å². The lowest BCUT2D eigenvalue weighted by atomic mass is 9.87. The van der Waals surface area contributed by atoms with E-state index >= 15 is 0 Å². The molecule has 1 aromatic carbocycles. The van der Waals surface area contributed by atoms with Gasteiger partial charge in [0.2, 0.25) is 11.9 Å². The monoisotopic (exact) mass is 570 g/mol. The van der Waals surface area contributed by atoms with E-state index < -0.39 is 5.60 Å². The molecule has 188 valence electrons. The van der Waals surface area contributed by atoms with Gasteiger partial charge in [0.05, 0.1) is 11.1 Å². The Hall–Kier alpha value is -2.96. The zero-order valence-corrected chi connectivity index (χ0v) is 22.8. The number of rotatable bonds is 6. The number of hydrogen-bond acceptors (Lipinski definition) is 9. The van der Waals surface area contributed by atoms with Gasteiger partial charge in [0.25, 0.3) is 0 Å². The fourth-order valence-corrected chi connectivity index (χ4v) is 5.79. The highest BCUT2D eigenvalue weighted by molar-refractivity contribution is 9.10. The minimum atomic E-state index is -1.03. The number of aromatic nitrogens is 6. The summed E-state index contributed by atoms with van der Waals surface area (Å²) in [7, 11) is 1.68. The smallest absolute Gasteiger partial charge is 0.225 e. The maximum absolute atomic E-state index is 12.3. The van der Waals surface area contributed by atoms with Crippen molar-refractivity contribution in [2.75, 3.05) is 12.4 Å². The van der Waals surface area contributed by atoms with Gasteiger partial charge in [-0.2, -0.15) is 10.1 Å². The molecule has 3 N–H and O–H groups in total. The highest BCUT2D eigenvalue weighted by Crippen LogP contribution is 2.39. The lowest BCUT2D eigenvalue weighted by molar-refractivity contribution is -0.129. The van der Waals surface area contributed by atoms with E-state index in [0.717, 1.165) is 40.9 Å². The molecular weight excluding hydrogens is 544 g/mol. The van der Waals surface area contributed by atoms with Gasteiger partial charge in [-0.1, -0.05) is 18.3 Å². The van der Waals surface area contributed by atoms with Gasteiger partial charge in [-0.3, -0.25) is 4.79 Å². The standard InChI is InChI=1S/C24H27BrN8O2S/c1-23(2,35)21-31-30-19(36-21)13-5-7-15(8-6-13)33-18-16(17(25)32-33)12-27-22(29-18)28-14-9-10-24(3,11-14)20(34)26-4/h5-8,12,14,35H,9-11H2,1-4H3,(H,26,34)(H,27,28,29)/t14-,24-/m1/s1. The highest BCUT2D eigenvalue weighted by atomic mass is 79.9. The third kappa shape index (κ3) is 4.60. The van der Waals surface area contributed by atoms with Crippen LogP contribution in [-0.2, 0) is 10.4 Å². The predicted molar refractivity (Wildman–Crippen MR) is 142 cm³/mol. The summed E-state index contributed by atoms with van der Waals surface area (Å²) in [6, 6.07) is 7.90. The van der Waals surface area contributed by atoms with Crippen LogP contribution in [0.1, 0.15) is 45.0 Å². The summed E-state index contributed by atoms with van der Waals surface area (Å²) in [5.74, 6) is 0.574. The van der Waals surface area contributed by atoms with Crippen molar-refractivity contribution in [3.05, 3.63) is 40.1 Å². The molecule has 3 aromatic heterocycles. The summed E-state index contributed by atoms with van der Waals surface area (Å²) in [5, 5.41) is 31.4. The molecule has 0 spiro atoms. The molecule has 1 aliphatic carbocycles. The number of aliphatic hydroxyl groups is 1. The molecule has 12 heteroatoms. The van der Waals surface area contributed by atoms with Crippen LogP contribution in [-0.4, -0.2) is 54.0 Å². The van der Waals surface area contributed by atoms with Gasteiger partial charge in [-0.15, -0.1) is 10.2 Å². The van der Waals surface area contributed by atoms with Gasteiger partial charge in [-0.05, 0) is 73.3 Å². The van der Waals surface area contributed by atoms with Crippen LogP contribution in [0.2, 0.25) is 0 Å². The summed E-state index contributed by atoms with van der Waals surface area (Å²) in [6.07, 6.45) is 4.16. The lowest BCUT2D eigenvalue weighted by Crippen LogP contribution is -2.35. The SMILES string of the molecule is CNC(=O)[C@]1(C)CC[C@@H](Nc2ncc3c(Br)nn(-c4ccc(-c5nnc(C(C)(C)O)s5)cc4)c3n2)C1. The summed E-state index contributed by atoms with van der Waals surface area (Å²) in [6.45, 7) is 5.39. The molecule has 0 saturated heterocycles. The molecule has 1 fully saturated rings. The van der Waals surface area contributed by atoms with Gasteiger partial charge in [0.1, 0.15) is 20.2 Å². The van der Waals surface area contributed by atoms with E-state index in [-0.39, 0.29) is 17.4 Å². The maximum atomic E-state index is 12.3. The Balaban J connectivity index is 1.40. The van der Waals surface area contributed by atoms with Crippen molar-refractivity contribution >= 4 is 50.2 Å². The van der Waals surface area contributed by atoms with Crippen LogP contribution in [0, 0.1) is 5.41 Å². The fourth-order valence-electron chi connectivity index (χ4n) is 4.51. The third-order valence-electron chi connectivity index (χ3n) is 6.54. The molecule has 0 bridgehead atoms. The summed E-state index contributed by atoms with van der Waals surface area (Å²) in [4.78, 5) is 21.5. The van der Waals surface area contributed by atoms with Crippen LogP contribution in [0.25, 0.3) is 27.3 Å². The fraction of sp³-hybridized carbons (Fsp3) is 0.417. The second kappa shape index (κ2) is 9.16. The van der Waals surface area contributed by atoms with E-state index in [1.54, 1.807) is 31.8 Å². The predicted octanol–water partition coefficient (Wildman–Crippen LogP) is 4.04. The van der Waals surface area contributed by atoms with Crippen molar-refractivity contribution in [3.8, 4) is 16.3 Å². The molecule has 1 saturated carbocycles. The molecule has 5 rings (SSSR count). The maximum Gasteiger partial charge on any atom is 0.225 e. The lowest BCUT2D eigenvalue weighted by Gasteiger charge is -2.22. The Morgan fingerprint density at radius 2 is 2.03 bits per heavy atom. The number of carbonyl (C=O) groups excluding carboxylic acids is 1. The number of carbonyl (C=O) groups is 1. The third-order valence-corrected chi connectivity index (χ3v) is 8.41. The minimum absolute atomic E-state index is 0.0680. The van der Waals surface area contributed by atoms with Crippen LogP contribution < -0.4 is 10.6 Å². The Morgan fingerprint density at radius 3 is 2.69 bits per heavy atom. The van der Waals surface area contributed by atoms with Crippen molar-refractivity contribution in [1.82, 2.24) is 35.3 Å². The van der Waals surface area contributed by atoms with Gasteiger partial charge in [-0.25, -0.2) is 9.67 Å². The normalized spacial score (nSPS) is 20.1. The molecule has 1 amide bonds. The first-order valence-electron chi connectivity index (χ1n) is 11.6. The quantitative estimate of drug-likeness (QED) is 0.316. The number of halogens is 1. The number of hydrogen-bond donors (Lipinski definition) is 3. The summed E-state index contributed by atoms with van der Waals surface area (Å²) in [5.41, 5.74) is 0.989. The van der Waals surface area contributed by atoms with Crippen LogP contribution in [0.5, 0.6) is 0 Å². The van der Waals surface area contributed by atoms with E-state index in [9.17, 15) is 9.90 Å². The van der Waals surface area contributed by atoms with E-state index in [1.807, 2.05) is 31.2 Å². The Bertz CT molecular complexity index is 1430. The van der Waals surface area contributed by atoms with Crippen molar-refractivity contribution in [2.45, 2.75) is 51.7 Å². The molecule has 0 unspecified atom stereocenters. The largest absolute Gasteiger partial charge is 0.383 e. The van der Waals surface area contributed by atoms with Gasteiger partial charge >= 0.3 is 0 Å². The van der Waals surface area contributed by atoms with Crippen molar-refractivity contribution < 1.29 is 9.90 Å². The first-order valence-corrected chi connectivity index (χ1v) is 13.3. The van der Waals surface area contributed by atoms with Crippen LogP contribution >= 0.6 is 27.3 Å². The van der Waals surface area contributed by atoms with Crippen LogP contribution in [0.15, 0.2) is 35.1 Å². The first-order chi connectivity index (χ1) is 17.1. The van der Waals surface area contributed by atoms with Crippen LogP contribution in [0.4, 0.5) is 5.95 Å². The molecule has 1 aliphatic rings. The second-order valence-electron chi connectivity index (χ2n) is 9.88. The Kier molecular flexibility index (Phi) is 6.29. The molecule has 4 aromatic rings. The zero-order valence-electron chi connectivity index (χ0n) is 20.4. The number of nitrogens with one attached hydrogen (secondary N) is 2. The second-order valence-corrected chi connectivity index (χ2v) is 11.6. The minimum Gasteiger partial charge on any atom is -0.383 e. The Morgan fingerprint density at radius 1 is 1.28 bits per heavy atom. The van der Waals surface area contributed by atoms with Gasteiger partial charge in [0, 0.05) is 30.3 Å². The van der Waals surface area contributed by atoms with Gasteiger partial charge in [0.15, 0.2) is 5.65 Å². The topological polar surface area (TPSA) is 131 Å². The zero-order chi connectivity index (χ0) is 25.7. The molecule has 0 aliphatic heterocycles. The summed E-state index contributed by atoms with van der Waals surface area (Å²) < 4.78 is 2.42. The number of amides is 1. The molecule has 10 nitrogen and oxygen atoms in total. The number of benzene rings is 1. The van der Waals surface area contributed by atoms with Crippen molar-refractivity contribution in [1.29, 1.82) is 0 Å². The van der Waals surface area contributed by atoms with Crippen LogP contribution in [0.3, 0.4) is 0 Å². The summed E-state index contributed by atoms with van der Waals surface area (Å²) >= 11 is 4.89.